The monoisotopic (exact) mass is 275 g/mol. The standard InChI is InChI=1S/C11H9F4N3O/c1-19-9-2-5-7(3-6(9)12)17-10(11(13,14)15)4-8(5)18-16/h2-4H,16H2,1H3,(H,17,18). The molecule has 19 heavy (non-hydrogen) atoms. The summed E-state index contributed by atoms with van der Waals surface area (Å²) in [5, 5.41) is 0.230. The Morgan fingerprint density at radius 3 is 2.47 bits per heavy atom. The second-order valence-corrected chi connectivity index (χ2v) is 3.70. The largest absolute Gasteiger partial charge is 0.494 e. The Morgan fingerprint density at radius 1 is 1.26 bits per heavy atom. The lowest BCUT2D eigenvalue weighted by atomic mass is 10.1. The number of pyridine rings is 1. The van der Waals surface area contributed by atoms with Crippen LogP contribution in [0.3, 0.4) is 0 Å². The van der Waals surface area contributed by atoms with E-state index in [1.54, 1.807) is 0 Å². The third-order valence-electron chi connectivity index (χ3n) is 2.53. The Kier molecular flexibility index (Phi) is 3.19. The summed E-state index contributed by atoms with van der Waals surface area (Å²) in [5.74, 6) is 4.27. The highest BCUT2D eigenvalue weighted by Crippen LogP contribution is 2.34. The van der Waals surface area contributed by atoms with Crippen molar-refractivity contribution in [1.82, 2.24) is 4.98 Å². The average molecular weight is 275 g/mol. The van der Waals surface area contributed by atoms with Crippen molar-refractivity contribution in [2.75, 3.05) is 12.5 Å². The van der Waals surface area contributed by atoms with Gasteiger partial charge in [0.25, 0.3) is 0 Å². The number of anilines is 1. The van der Waals surface area contributed by atoms with Crippen LogP contribution in [0, 0.1) is 5.82 Å². The zero-order chi connectivity index (χ0) is 14.2. The molecule has 0 radical (unpaired) electrons. The molecule has 0 aliphatic rings. The van der Waals surface area contributed by atoms with E-state index in [2.05, 4.69) is 10.4 Å². The van der Waals surface area contributed by atoms with Gasteiger partial charge in [-0.25, -0.2) is 9.37 Å². The molecule has 0 spiro atoms. The molecule has 0 saturated carbocycles. The molecule has 0 aliphatic heterocycles. The first kappa shape index (κ1) is 13.3. The van der Waals surface area contributed by atoms with Gasteiger partial charge >= 0.3 is 6.18 Å². The first-order valence-electron chi connectivity index (χ1n) is 5.09. The summed E-state index contributed by atoms with van der Waals surface area (Å²) in [6.45, 7) is 0. The lowest BCUT2D eigenvalue weighted by Crippen LogP contribution is -2.13. The van der Waals surface area contributed by atoms with Gasteiger partial charge in [0.15, 0.2) is 11.6 Å². The number of hydrogen-bond acceptors (Lipinski definition) is 4. The Bertz CT molecular complexity index is 627. The summed E-state index contributed by atoms with van der Waals surface area (Å²) in [5.41, 5.74) is 0.797. The molecule has 0 unspecified atom stereocenters. The van der Waals surface area contributed by atoms with Gasteiger partial charge in [-0.05, 0) is 12.1 Å². The number of hydrogen-bond donors (Lipinski definition) is 2. The lowest BCUT2D eigenvalue weighted by Gasteiger charge is -2.12. The van der Waals surface area contributed by atoms with Gasteiger partial charge in [-0.2, -0.15) is 13.2 Å². The summed E-state index contributed by atoms with van der Waals surface area (Å²) in [6.07, 6.45) is -4.64. The van der Waals surface area contributed by atoms with Crippen molar-refractivity contribution in [3.05, 3.63) is 29.7 Å². The number of nitrogen functional groups attached to an aromatic ring is 1. The Hall–Kier alpha value is -2.09. The third kappa shape index (κ3) is 2.39. The number of nitrogens with two attached hydrogens (primary N) is 1. The molecule has 1 aromatic carbocycles. The van der Waals surface area contributed by atoms with Gasteiger partial charge in [-0.15, -0.1) is 0 Å². The first-order chi connectivity index (χ1) is 8.86. The minimum absolute atomic E-state index is 0.0179. The van der Waals surface area contributed by atoms with Gasteiger partial charge in [0.05, 0.1) is 18.3 Å². The van der Waals surface area contributed by atoms with E-state index in [9.17, 15) is 17.6 Å². The molecule has 0 bridgehead atoms. The number of nitrogens with zero attached hydrogens (tertiary/aromatic N) is 1. The molecular weight excluding hydrogens is 266 g/mol. The number of methoxy groups -OCH3 is 1. The molecule has 102 valence electrons. The van der Waals surface area contributed by atoms with E-state index in [1.165, 1.54) is 13.2 Å². The van der Waals surface area contributed by atoms with Gasteiger partial charge < -0.3 is 10.2 Å². The van der Waals surface area contributed by atoms with Crippen molar-refractivity contribution in [1.29, 1.82) is 0 Å². The second-order valence-electron chi connectivity index (χ2n) is 3.70. The SMILES string of the molecule is COc1cc2c(NN)cc(C(F)(F)F)nc2cc1F. The van der Waals surface area contributed by atoms with Crippen molar-refractivity contribution in [2.24, 2.45) is 5.84 Å². The van der Waals surface area contributed by atoms with Gasteiger partial charge in [0.1, 0.15) is 5.69 Å². The van der Waals surface area contributed by atoms with Crippen LogP contribution >= 0.6 is 0 Å². The first-order valence-corrected chi connectivity index (χ1v) is 5.09. The molecular formula is C11H9F4N3O. The minimum Gasteiger partial charge on any atom is -0.494 e. The van der Waals surface area contributed by atoms with Crippen molar-refractivity contribution in [3.63, 3.8) is 0 Å². The molecule has 2 aromatic rings. The summed E-state index contributed by atoms with van der Waals surface area (Å²) in [7, 11) is 1.25. The van der Waals surface area contributed by atoms with Crippen LogP contribution in [0.2, 0.25) is 0 Å². The number of aromatic nitrogens is 1. The fourth-order valence-electron chi connectivity index (χ4n) is 1.65. The predicted molar refractivity (Wildman–Crippen MR) is 61.1 cm³/mol. The molecule has 0 saturated heterocycles. The highest BCUT2D eigenvalue weighted by molar-refractivity contribution is 5.92. The lowest BCUT2D eigenvalue weighted by molar-refractivity contribution is -0.140. The normalized spacial score (nSPS) is 11.7. The summed E-state index contributed by atoms with van der Waals surface area (Å²) in [6, 6.07) is 2.84. The molecule has 0 fully saturated rings. The van der Waals surface area contributed by atoms with Crippen LogP contribution in [0.15, 0.2) is 18.2 Å². The number of ether oxygens (including phenoxy) is 1. The highest BCUT2D eigenvalue weighted by Gasteiger charge is 2.33. The molecule has 1 aromatic heterocycles. The number of halogens is 4. The van der Waals surface area contributed by atoms with Gasteiger partial charge in [-0.3, -0.25) is 5.84 Å². The van der Waals surface area contributed by atoms with Gasteiger partial charge in [-0.1, -0.05) is 0 Å². The molecule has 3 N–H and O–H groups in total. The maximum atomic E-state index is 13.5. The molecule has 0 atom stereocenters. The molecule has 4 nitrogen and oxygen atoms in total. The van der Waals surface area contributed by atoms with Gasteiger partial charge in [0, 0.05) is 11.5 Å². The van der Waals surface area contributed by atoms with Crippen LogP contribution in [-0.2, 0) is 6.18 Å². The van der Waals surface area contributed by atoms with E-state index in [1.807, 2.05) is 0 Å². The van der Waals surface area contributed by atoms with Crippen LogP contribution in [0.5, 0.6) is 5.75 Å². The Labute approximate surface area is 105 Å². The number of alkyl halides is 3. The minimum atomic E-state index is -4.64. The molecule has 1 heterocycles. The highest BCUT2D eigenvalue weighted by atomic mass is 19.4. The smallest absolute Gasteiger partial charge is 0.433 e. The quantitative estimate of drug-likeness (QED) is 0.502. The summed E-state index contributed by atoms with van der Waals surface area (Å²) < 4.78 is 56.1. The van der Waals surface area contributed by atoms with Gasteiger partial charge in [0.2, 0.25) is 0 Å². The number of rotatable bonds is 2. The van der Waals surface area contributed by atoms with Crippen LogP contribution in [0.1, 0.15) is 5.69 Å². The van der Waals surface area contributed by atoms with Crippen molar-refractivity contribution in [2.45, 2.75) is 6.18 Å². The number of nitrogens with one attached hydrogen (secondary N) is 1. The van der Waals surface area contributed by atoms with E-state index in [0.29, 0.717) is 0 Å². The molecule has 0 aliphatic carbocycles. The van der Waals surface area contributed by atoms with Crippen LogP contribution in [-0.4, -0.2) is 12.1 Å². The van der Waals surface area contributed by atoms with E-state index >= 15 is 0 Å². The second kappa shape index (κ2) is 4.54. The fraction of sp³-hybridized carbons (Fsp3) is 0.182. The maximum absolute atomic E-state index is 13.5. The third-order valence-corrected chi connectivity index (χ3v) is 2.53. The van der Waals surface area contributed by atoms with Crippen LogP contribution < -0.4 is 16.0 Å². The zero-order valence-electron chi connectivity index (χ0n) is 9.68. The van der Waals surface area contributed by atoms with E-state index in [0.717, 1.165) is 12.1 Å². The van der Waals surface area contributed by atoms with Crippen molar-refractivity contribution in [3.8, 4) is 5.75 Å². The molecule has 8 heteroatoms. The van der Waals surface area contributed by atoms with E-state index in [4.69, 9.17) is 10.6 Å². The average Bonchev–Trinajstić information content (AvgIpc) is 2.35. The zero-order valence-corrected chi connectivity index (χ0v) is 9.68. The predicted octanol–water partition coefficient (Wildman–Crippen LogP) is 2.69. The fourth-order valence-corrected chi connectivity index (χ4v) is 1.65. The van der Waals surface area contributed by atoms with Crippen molar-refractivity contribution < 1.29 is 22.3 Å². The maximum Gasteiger partial charge on any atom is 0.433 e. The van der Waals surface area contributed by atoms with E-state index < -0.39 is 17.7 Å². The van der Waals surface area contributed by atoms with E-state index in [-0.39, 0.29) is 22.3 Å². The topological polar surface area (TPSA) is 60.2 Å². The summed E-state index contributed by atoms with van der Waals surface area (Å²) >= 11 is 0. The van der Waals surface area contributed by atoms with Crippen LogP contribution in [0.25, 0.3) is 10.9 Å². The Balaban J connectivity index is 2.77. The number of hydrazine groups is 1. The number of benzene rings is 1. The van der Waals surface area contributed by atoms with Crippen LogP contribution in [0.4, 0.5) is 23.2 Å². The number of fused-ring (bicyclic) bond motifs is 1. The summed E-state index contributed by atoms with van der Waals surface area (Å²) in [4.78, 5) is 3.38. The Morgan fingerprint density at radius 2 is 1.95 bits per heavy atom. The molecule has 0 amide bonds. The molecule has 2 rings (SSSR count). The van der Waals surface area contributed by atoms with Crippen molar-refractivity contribution >= 4 is 16.6 Å².